The van der Waals surface area contributed by atoms with Crippen molar-refractivity contribution < 1.29 is 38.0 Å². The van der Waals surface area contributed by atoms with E-state index in [1.165, 1.54) is 14.0 Å². The maximum Gasteiger partial charge on any atom is 0.366 e. The molecule has 0 amide bonds. The van der Waals surface area contributed by atoms with Crippen molar-refractivity contribution in [3.8, 4) is 0 Å². The molecule has 6 atom stereocenters. The molecule has 2 aliphatic rings. The van der Waals surface area contributed by atoms with Crippen LogP contribution in [-0.4, -0.2) is 63.3 Å². The minimum atomic E-state index is -1.57. The summed E-state index contributed by atoms with van der Waals surface area (Å²) in [6.07, 6.45) is -3.06. The molecule has 2 fully saturated rings. The van der Waals surface area contributed by atoms with E-state index < -0.39 is 42.5 Å². The molecule has 0 radical (unpaired) electrons. The standard InChI is InChI=1S/C25H30O8/c1-25(24(26)28-3)31-16-19-20(33-25)21(29-14-17-10-6-4-7-11-17)22(23(27-2)32-19)30-15-18-12-8-5-9-13-18/h4-13,19-23H,14-16H2,1-3H3/t19-,20-,21+,22-,23+,25?/m1/s1. The number of rotatable bonds is 8. The average molecular weight is 459 g/mol. The molecule has 0 bridgehead atoms. The van der Waals surface area contributed by atoms with Gasteiger partial charge in [0.2, 0.25) is 0 Å². The van der Waals surface area contributed by atoms with E-state index in [1.54, 1.807) is 7.11 Å². The van der Waals surface area contributed by atoms with Crippen LogP contribution in [-0.2, 0) is 51.2 Å². The number of carbonyl (C=O) groups excluding carboxylic acids is 1. The Kier molecular flexibility index (Phi) is 7.75. The van der Waals surface area contributed by atoms with Gasteiger partial charge in [-0.15, -0.1) is 0 Å². The molecule has 8 nitrogen and oxygen atoms in total. The lowest BCUT2D eigenvalue weighted by atomic mass is 9.96. The van der Waals surface area contributed by atoms with Crippen molar-refractivity contribution in [2.75, 3.05) is 20.8 Å². The zero-order valence-electron chi connectivity index (χ0n) is 19.0. The molecular weight excluding hydrogens is 428 g/mol. The largest absolute Gasteiger partial charge is 0.465 e. The van der Waals surface area contributed by atoms with Gasteiger partial charge in [0.15, 0.2) is 6.29 Å². The van der Waals surface area contributed by atoms with Crippen molar-refractivity contribution in [1.29, 1.82) is 0 Å². The normalized spacial score (nSPS) is 31.5. The van der Waals surface area contributed by atoms with E-state index in [2.05, 4.69) is 0 Å². The first-order chi connectivity index (χ1) is 16.0. The van der Waals surface area contributed by atoms with Crippen LogP contribution in [0.4, 0.5) is 0 Å². The molecule has 0 spiro atoms. The van der Waals surface area contributed by atoms with Gasteiger partial charge in [0.1, 0.15) is 24.4 Å². The summed E-state index contributed by atoms with van der Waals surface area (Å²) < 4.78 is 41.0. The van der Waals surface area contributed by atoms with E-state index in [0.717, 1.165) is 11.1 Å². The average Bonchev–Trinajstić information content (AvgIpc) is 2.86. The van der Waals surface area contributed by atoms with Gasteiger partial charge < -0.3 is 33.2 Å². The number of hydrogen-bond donors (Lipinski definition) is 0. The van der Waals surface area contributed by atoms with Crippen LogP contribution in [0.15, 0.2) is 60.7 Å². The zero-order valence-corrected chi connectivity index (χ0v) is 19.0. The first-order valence-electron chi connectivity index (χ1n) is 10.9. The van der Waals surface area contributed by atoms with Gasteiger partial charge in [-0.05, 0) is 11.1 Å². The Morgan fingerprint density at radius 3 is 2.06 bits per heavy atom. The monoisotopic (exact) mass is 458 g/mol. The fourth-order valence-electron chi connectivity index (χ4n) is 4.07. The van der Waals surface area contributed by atoms with Gasteiger partial charge in [-0.2, -0.15) is 0 Å². The third-order valence-corrected chi connectivity index (χ3v) is 5.83. The van der Waals surface area contributed by atoms with Crippen molar-refractivity contribution in [1.82, 2.24) is 0 Å². The molecule has 0 aromatic heterocycles. The molecule has 1 unspecified atom stereocenters. The van der Waals surface area contributed by atoms with Crippen LogP contribution in [0.2, 0.25) is 0 Å². The number of hydrogen-bond acceptors (Lipinski definition) is 8. The molecular formula is C25H30O8. The van der Waals surface area contributed by atoms with E-state index >= 15 is 0 Å². The van der Waals surface area contributed by atoms with Crippen LogP contribution < -0.4 is 0 Å². The number of carbonyl (C=O) groups is 1. The summed E-state index contributed by atoms with van der Waals surface area (Å²) in [4.78, 5) is 12.4. The topological polar surface area (TPSA) is 81.7 Å². The molecule has 33 heavy (non-hydrogen) atoms. The third-order valence-electron chi connectivity index (χ3n) is 5.83. The number of fused-ring (bicyclic) bond motifs is 1. The molecule has 178 valence electrons. The summed E-state index contributed by atoms with van der Waals surface area (Å²) in [7, 11) is 2.85. The molecule has 2 aromatic rings. The Hall–Kier alpha value is -2.33. The van der Waals surface area contributed by atoms with Gasteiger partial charge >= 0.3 is 5.97 Å². The quantitative estimate of drug-likeness (QED) is 0.559. The SMILES string of the molecule is COC(=O)C1(C)OC[C@H]2O[C@H](OC)[C@H](OCc3ccccc3)[C@@H](OCc3ccccc3)[C@@H]2O1. The Bertz CT molecular complexity index is 892. The van der Waals surface area contributed by atoms with Crippen molar-refractivity contribution in [3.63, 3.8) is 0 Å². The second-order valence-electron chi connectivity index (χ2n) is 8.13. The van der Waals surface area contributed by atoms with Gasteiger partial charge in [0, 0.05) is 14.0 Å². The Morgan fingerprint density at radius 1 is 0.939 bits per heavy atom. The molecule has 2 aromatic carbocycles. The van der Waals surface area contributed by atoms with Crippen molar-refractivity contribution in [2.24, 2.45) is 0 Å². The maximum atomic E-state index is 12.4. The van der Waals surface area contributed by atoms with Crippen molar-refractivity contribution in [3.05, 3.63) is 71.8 Å². The van der Waals surface area contributed by atoms with E-state index in [1.807, 2.05) is 60.7 Å². The highest BCUT2D eigenvalue weighted by Gasteiger charge is 2.56. The minimum Gasteiger partial charge on any atom is -0.465 e. The van der Waals surface area contributed by atoms with Gasteiger partial charge in [-0.3, -0.25) is 0 Å². The van der Waals surface area contributed by atoms with Crippen LogP contribution in [0.5, 0.6) is 0 Å². The zero-order chi connectivity index (χ0) is 23.3. The van der Waals surface area contributed by atoms with Gasteiger partial charge in [0.25, 0.3) is 5.79 Å². The fraction of sp³-hybridized carbons (Fsp3) is 0.480. The Morgan fingerprint density at radius 2 is 1.52 bits per heavy atom. The first-order valence-corrected chi connectivity index (χ1v) is 10.9. The lowest BCUT2D eigenvalue weighted by Crippen LogP contribution is -2.67. The number of methoxy groups -OCH3 is 2. The fourth-order valence-corrected chi connectivity index (χ4v) is 4.07. The van der Waals surface area contributed by atoms with Crippen molar-refractivity contribution in [2.45, 2.75) is 56.6 Å². The summed E-state index contributed by atoms with van der Waals surface area (Å²) in [5.41, 5.74) is 2.00. The molecule has 0 saturated carbocycles. The molecule has 4 rings (SSSR count). The molecule has 2 heterocycles. The minimum absolute atomic E-state index is 0.118. The molecule has 2 saturated heterocycles. The lowest BCUT2D eigenvalue weighted by molar-refractivity contribution is -0.385. The highest BCUT2D eigenvalue weighted by atomic mass is 16.8. The van der Waals surface area contributed by atoms with E-state index in [9.17, 15) is 4.79 Å². The van der Waals surface area contributed by atoms with Crippen LogP contribution in [0, 0.1) is 0 Å². The Balaban J connectivity index is 1.59. The highest BCUT2D eigenvalue weighted by molar-refractivity contribution is 5.77. The molecule has 0 N–H and O–H groups in total. The van der Waals surface area contributed by atoms with Crippen molar-refractivity contribution >= 4 is 5.97 Å². The van der Waals surface area contributed by atoms with Gasteiger partial charge in [-0.1, -0.05) is 60.7 Å². The maximum absolute atomic E-state index is 12.4. The van der Waals surface area contributed by atoms with E-state index in [-0.39, 0.29) is 6.61 Å². The lowest BCUT2D eigenvalue weighted by Gasteiger charge is -2.50. The first kappa shape index (κ1) is 23.8. The number of benzene rings is 2. The van der Waals surface area contributed by atoms with Crippen LogP contribution in [0.25, 0.3) is 0 Å². The predicted molar refractivity (Wildman–Crippen MR) is 117 cm³/mol. The number of ether oxygens (including phenoxy) is 7. The Labute approximate surface area is 193 Å². The molecule has 8 heteroatoms. The molecule has 2 aliphatic heterocycles. The molecule has 0 aliphatic carbocycles. The smallest absolute Gasteiger partial charge is 0.366 e. The summed E-state index contributed by atoms with van der Waals surface area (Å²) >= 11 is 0. The summed E-state index contributed by atoms with van der Waals surface area (Å²) in [6, 6.07) is 19.6. The van der Waals surface area contributed by atoms with Crippen LogP contribution >= 0.6 is 0 Å². The summed E-state index contributed by atoms with van der Waals surface area (Å²) in [5, 5.41) is 0. The van der Waals surface area contributed by atoms with E-state index in [4.69, 9.17) is 33.2 Å². The number of esters is 1. The van der Waals surface area contributed by atoms with Gasteiger partial charge in [0.05, 0.1) is 26.9 Å². The second kappa shape index (κ2) is 10.7. The van der Waals surface area contributed by atoms with Gasteiger partial charge in [-0.25, -0.2) is 4.79 Å². The second-order valence-corrected chi connectivity index (χ2v) is 8.13. The van der Waals surface area contributed by atoms with Crippen LogP contribution in [0.1, 0.15) is 18.1 Å². The van der Waals surface area contributed by atoms with E-state index in [0.29, 0.717) is 13.2 Å². The predicted octanol–water partition coefficient (Wildman–Crippen LogP) is 2.83. The third kappa shape index (κ3) is 5.43. The van der Waals surface area contributed by atoms with Crippen LogP contribution in [0.3, 0.4) is 0 Å². The summed E-state index contributed by atoms with van der Waals surface area (Å²) in [5.74, 6) is -2.20. The highest BCUT2D eigenvalue weighted by Crippen LogP contribution is 2.36. The summed E-state index contributed by atoms with van der Waals surface area (Å²) in [6.45, 7) is 2.32.